The van der Waals surface area contributed by atoms with Crippen LogP contribution in [-0.2, 0) is 10.0 Å². The Balaban J connectivity index is 2.35. The molecule has 1 aromatic carbocycles. The van der Waals surface area contributed by atoms with Gasteiger partial charge in [0.1, 0.15) is 5.69 Å². The van der Waals surface area contributed by atoms with Crippen molar-refractivity contribution in [2.24, 2.45) is 0 Å². The quantitative estimate of drug-likeness (QED) is 0.493. The molecule has 19 heavy (non-hydrogen) atoms. The predicted octanol–water partition coefficient (Wildman–Crippen LogP) is 1.40. The third-order valence-electron chi connectivity index (χ3n) is 3.35. The van der Waals surface area contributed by atoms with Crippen LogP contribution in [-0.4, -0.2) is 18.9 Å². The summed E-state index contributed by atoms with van der Waals surface area (Å²) >= 11 is 0. The van der Waals surface area contributed by atoms with Crippen LogP contribution >= 0.6 is 0 Å². The van der Waals surface area contributed by atoms with Crippen molar-refractivity contribution in [2.75, 3.05) is 5.73 Å². The van der Waals surface area contributed by atoms with Crippen LogP contribution in [0.2, 0.25) is 0 Å². The largest absolute Gasteiger partial charge is 0.393 e. The van der Waals surface area contributed by atoms with E-state index in [0.717, 1.165) is 25.3 Å². The summed E-state index contributed by atoms with van der Waals surface area (Å²) in [6.07, 6.45) is 2.51. The number of nitro groups is 1. The molecule has 0 spiro atoms. The van der Waals surface area contributed by atoms with Gasteiger partial charge >= 0.3 is 0 Å². The lowest BCUT2D eigenvalue weighted by Crippen LogP contribution is -2.50. The van der Waals surface area contributed by atoms with Gasteiger partial charge in [-0.05, 0) is 38.3 Å². The van der Waals surface area contributed by atoms with E-state index in [1.54, 1.807) is 0 Å². The molecule has 0 saturated heterocycles. The molecule has 7 nitrogen and oxygen atoms in total. The van der Waals surface area contributed by atoms with Crippen molar-refractivity contribution in [1.29, 1.82) is 0 Å². The molecule has 1 fully saturated rings. The minimum Gasteiger partial charge on any atom is -0.393 e. The van der Waals surface area contributed by atoms with Crippen molar-refractivity contribution >= 4 is 21.4 Å². The minimum atomic E-state index is -3.76. The molecule has 0 aliphatic heterocycles. The minimum absolute atomic E-state index is 0.0567. The summed E-state index contributed by atoms with van der Waals surface area (Å²) in [6, 6.07) is 3.49. The second-order valence-corrected chi connectivity index (χ2v) is 6.68. The number of nitrogens with zero attached hydrogens (tertiary/aromatic N) is 1. The summed E-state index contributed by atoms with van der Waals surface area (Å²) in [4.78, 5) is 9.93. The molecule has 3 N–H and O–H groups in total. The molecule has 0 amide bonds. The Labute approximate surface area is 111 Å². The van der Waals surface area contributed by atoms with Crippen LogP contribution in [0.1, 0.15) is 26.2 Å². The van der Waals surface area contributed by atoms with Gasteiger partial charge in [-0.3, -0.25) is 10.1 Å². The van der Waals surface area contributed by atoms with E-state index >= 15 is 0 Å². The van der Waals surface area contributed by atoms with E-state index in [2.05, 4.69) is 4.72 Å². The molecule has 1 aliphatic carbocycles. The zero-order valence-corrected chi connectivity index (χ0v) is 11.2. The van der Waals surface area contributed by atoms with Crippen molar-refractivity contribution in [3.8, 4) is 0 Å². The molecule has 0 aromatic heterocycles. The number of sulfonamides is 1. The lowest BCUT2D eigenvalue weighted by molar-refractivity contribution is -0.384. The average molecular weight is 285 g/mol. The van der Waals surface area contributed by atoms with Crippen LogP contribution in [0.4, 0.5) is 11.4 Å². The third-order valence-corrected chi connectivity index (χ3v) is 4.98. The van der Waals surface area contributed by atoms with Gasteiger partial charge in [-0.25, -0.2) is 13.1 Å². The number of nitrogen functional groups attached to an aromatic ring is 1. The Bertz CT molecular complexity index is 623. The maximum absolute atomic E-state index is 12.2. The lowest BCUT2D eigenvalue weighted by Gasteiger charge is -2.38. The Morgan fingerprint density at radius 1 is 1.42 bits per heavy atom. The highest BCUT2D eigenvalue weighted by Gasteiger charge is 2.36. The van der Waals surface area contributed by atoms with Crippen molar-refractivity contribution in [3.63, 3.8) is 0 Å². The molecular weight excluding hydrogens is 270 g/mol. The zero-order valence-electron chi connectivity index (χ0n) is 10.4. The second-order valence-electron chi connectivity index (χ2n) is 5.00. The second kappa shape index (κ2) is 4.46. The fourth-order valence-electron chi connectivity index (χ4n) is 2.04. The molecular formula is C11H15N3O4S. The first-order valence-corrected chi connectivity index (χ1v) is 7.30. The molecule has 8 heteroatoms. The van der Waals surface area contributed by atoms with Crippen LogP contribution in [0.25, 0.3) is 0 Å². The topological polar surface area (TPSA) is 115 Å². The van der Waals surface area contributed by atoms with Crippen molar-refractivity contribution in [3.05, 3.63) is 28.3 Å². The summed E-state index contributed by atoms with van der Waals surface area (Å²) in [5.41, 5.74) is 4.53. The Morgan fingerprint density at radius 2 is 2.05 bits per heavy atom. The smallest absolute Gasteiger partial charge is 0.293 e. The Morgan fingerprint density at radius 3 is 2.53 bits per heavy atom. The number of anilines is 1. The molecule has 0 atom stereocenters. The summed E-state index contributed by atoms with van der Waals surface area (Å²) in [5, 5.41) is 10.8. The number of nitrogens with one attached hydrogen (secondary N) is 1. The van der Waals surface area contributed by atoms with E-state index in [9.17, 15) is 18.5 Å². The Hall–Kier alpha value is -1.67. The van der Waals surface area contributed by atoms with Gasteiger partial charge in [-0.15, -0.1) is 0 Å². The van der Waals surface area contributed by atoms with Gasteiger partial charge in [0.05, 0.1) is 9.82 Å². The van der Waals surface area contributed by atoms with Gasteiger partial charge < -0.3 is 5.73 Å². The van der Waals surface area contributed by atoms with Crippen molar-refractivity contribution < 1.29 is 13.3 Å². The molecule has 0 unspecified atom stereocenters. The van der Waals surface area contributed by atoms with E-state index in [4.69, 9.17) is 5.73 Å². The van der Waals surface area contributed by atoms with Crippen LogP contribution in [0.5, 0.6) is 0 Å². The monoisotopic (exact) mass is 285 g/mol. The van der Waals surface area contributed by atoms with E-state index < -0.39 is 26.2 Å². The van der Waals surface area contributed by atoms with E-state index in [-0.39, 0.29) is 10.6 Å². The molecule has 104 valence electrons. The molecule has 1 aliphatic rings. The van der Waals surface area contributed by atoms with Crippen LogP contribution in [0, 0.1) is 10.1 Å². The fourth-order valence-corrected chi connectivity index (χ4v) is 3.53. The van der Waals surface area contributed by atoms with Gasteiger partial charge in [0.2, 0.25) is 10.0 Å². The Kier molecular flexibility index (Phi) is 3.23. The first kappa shape index (κ1) is 13.8. The summed E-state index contributed by atoms with van der Waals surface area (Å²) in [5.74, 6) is 0. The lowest BCUT2D eigenvalue weighted by atomic mass is 9.80. The summed E-state index contributed by atoms with van der Waals surface area (Å²) in [6.45, 7) is 1.82. The van der Waals surface area contributed by atoms with Crippen molar-refractivity contribution in [1.82, 2.24) is 4.72 Å². The third kappa shape index (κ3) is 2.69. The van der Waals surface area contributed by atoms with Gasteiger partial charge in [0.25, 0.3) is 5.69 Å². The van der Waals surface area contributed by atoms with E-state index in [0.29, 0.717) is 0 Å². The van der Waals surface area contributed by atoms with Crippen LogP contribution in [0.15, 0.2) is 23.1 Å². The molecule has 1 aromatic rings. The van der Waals surface area contributed by atoms with Crippen molar-refractivity contribution in [2.45, 2.75) is 36.6 Å². The molecule has 0 heterocycles. The number of nitrogens with two attached hydrogens (primary N) is 1. The van der Waals surface area contributed by atoms with Gasteiger partial charge in [0.15, 0.2) is 0 Å². The number of benzene rings is 1. The molecule has 0 bridgehead atoms. The predicted molar refractivity (Wildman–Crippen MR) is 70.1 cm³/mol. The number of hydrogen-bond donors (Lipinski definition) is 2. The van der Waals surface area contributed by atoms with Gasteiger partial charge in [0, 0.05) is 11.6 Å². The first-order chi connectivity index (χ1) is 8.73. The van der Waals surface area contributed by atoms with E-state index in [1.165, 1.54) is 12.1 Å². The SMILES string of the molecule is CC1(NS(=O)(=O)c2ccc(N)c([N+](=O)[O-])c2)CCC1. The summed E-state index contributed by atoms with van der Waals surface area (Å²) < 4.78 is 26.9. The molecule has 1 saturated carbocycles. The molecule has 0 radical (unpaired) electrons. The maximum Gasteiger partial charge on any atom is 0.293 e. The van der Waals surface area contributed by atoms with Crippen LogP contribution < -0.4 is 10.5 Å². The molecule has 2 rings (SSSR count). The summed E-state index contributed by atoms with van der Waals surface area (Å²) in [7, 11) is -3.76. The highest BCUT2D eigenvalue weighted by molar-refractivity contribution is 7.89. The first-order valence-electron chi connectivity index (χ1n) is 5.81. The average Bonchev–Trinajstić information content (AvgIpc) is 2.26. The fraction of sp³-hybridized carbons (Fsp3) is 0.455. The number of rotatable bonds is 4. The zero-order chi connectivity index (χ0) is 14.3. The highest BCUT2D eigenvalue weighted by Crippen LogP contribution is 2.33. The van der Waals surface area contributed by atoms with Gasteiger partial charge in [-0.1, -0.05) is 0 Å². The maximum atomic E-state index is 12.2. The number of hydrogen-bond acceptors (Lipinski definition) is 5. The standard InChI is InChI=1S/C11H15N3O4S/c1-11(5-2-6-11)13-19(17,18)8-3-4-9(12)10(7-8)14(15)16/h3-4,7,13H,2,5-6,12H2,1H3. The van der Waals surface area contributed by atoms with Gasteiger partial charge in [-0.2, -0.15) is 0 Å². The van der Waals surface area contributed by atoms with E-state index in [1.807, 2.05) is 6.92 Å². The van der Waals surface area contributed by atoms with Crippen LogP contribution in [0.3, 0.4) is 0 Å². The highest BCUT2D eigenvalue weighted by atomic mass is 32.2. The normalized spacial score (nSPS) is 17.7. The number of nitro benzene ring substituents is 1.